The number of ether oxygens (including phenoxy) is 1. The average Bonchev–Trinajstić information content (AvgIpc) is 3.08. The summed E-state index contributed by atoms with van der Waals surface area (Å²) < 4.78 is 23.2. The van der Waals surface area contributed by atoms with Crippen molar-refractivity contribution in [3.8, 4) is 34.5 Å². The second-order valence-electron chi connectivity index (χ2n) is 5.13. The lowest BCUT2D eigenvalue weighted by atomic mass is 10.1. The number of halogens is 2. The molecule has 0 bridgehead atoms. The topological polar surface area (TPSA) is 152 Å². The predicted molar refractivity (Wildman–Crippen MR) is 87.1 cm³/mol. The minimum Gasteiger partial charge on any atom is -0.505 e. The molecule has 3 rings (SSSR count). The van der Waals surface area contributed by atoms with Gasteiger partial charge < -0.3 is 24.6 Å². The van der Waals surface area contributed by atoms with Gasteiger partial charge in [-0.15, -0.1) is 0 Å². The molecule has 1 aromatic heterocycles. The maximum atomic E-state index is 13.0. The van der Waals surface area contributed by atoms with E-state index in [1.165, 1.54) is 6.07 Å². The summed E-state index contributed by atoms with van der Waals surface area (Å²) in [6.45, 7) is -0.238. The van der Waals surface area contributed by atoms with Crippen molar-refractivity contribution in [2.24, 2.45) is 0 Å². The Morgan fingerprint density at radius 2 is 2.00 bits per heavy atom. The maximum Gasteiger partial charge on any atom is 0.333 e. The third kappa shape index (κ3) is 3.53. The highest BCUT2D eigenvalue weighted by Gasteiger charge is 2.28. The molecule has 3 N–H and O–H groups in total. The summed E-state index contributed by atoms with van der Waals surface area (Å²) in [6, 6.07) is 4.26. The number of hydrogen-bond donors (Lipinski definition) is 3. The van der Waals surface area contributed by atoms with Gasteiger partial charge in [-0.25, -0.2) is 4.39 Å². The fourth-order valence-corrected chi connectivity index (χ4v) is 2.39. The van der Waals surface area contributed by atoms with Gasteiger partial charge in [0, 0.05) is 6.07 Å². The van der Waals surface area contributed by atoms with Crippen LogP contribution in [0.15, 0.2) is 28.8 Å². The quantitative estimate of drug-likeness (QED) is 0.334. The minimum atomic E-state index is -0.993. The van der Waals surface area contributed by atoms with E-state index >= 15 is 0 Å². The summed E-state index contributed by atoms with van der Waals surface area (Å²) in [5.74, 6) is -3.32. The van der Waals surface area contributed by atoms with E-state index in [9.17, 15) is 29.8 Å². The summed E-state index contributed by atoms with van der Waals surface area (Å²) in [5.41, 5.74) is -1.08. The molecule has 10 nitrogen and oxygen atoms in total. The zero-order valence-corrected chi connectivity index (χ0v) is 13.8. The summed E-state index contributed by atoms with van der Waals surface area (Å²) in [6.07, 6.45) is 0. The van der Waals surface area contributed by atoms with Gasteiger partial charge in [-0.3, -0.25) is 10.1 Å². The standard InChI is InChI=1S/C15H9ClFN3O7/c16-12-7(4-10(22)14(23)13(12)20(24)25)15-18-11(19-27-15)5-26-6-1-2-8(17)9(21)3-6/h1-4,21-23H,5H2. The average molecular weight is 398 g/mol. The van der Waals surface area contributed by atoms with Crippen LogP contribution in [-0.2, 0) is 6.61 Å². The van der Waals surface area contributed by atoms with Gasteiger partial charge in [-0.1, -0.05) is 16.8 Å². The molecule has 0 saturated carbocycles. The van der Waals surface area contributed by atoms with Gasteiger partial charge in [0.1, 0.15) is 10.8 Å². The molecule has 1 heterocycles. The van der Waals surface area contributed by atoms with Crippen molar-refractivity contribution in [1.82, 2.24) is 10.1 Å². The first kappa shape index (κ1) is 18.2. The van der Waals surface area contributed by atoms with Crippen LogP contribution in [0.5, 0.6) is 23.0 Å². The Labute approximate surface area is 154 Å². The van der Waals surface area contributed by atoms with Crippen LogP contribution >= 0.6 is 11.6 Å². The molecule has 3 aromatic rings. The van der Waals surface area contributed by atoms with Crippen molar-refractivity contribution in [2.75, 3.05) is 0 Å². The normalized spacial score (nSPS) is 10.7. The second kappa shape index (κ2) is 6.96. The number of aromatic nitrogens is 2. The molecule has 0 aliphatic carbocycles. The Morgan fingerprint density at radius 3 is 2.67 bits per heavy atom. The second-order valence-corrected chi connectivity index (χ2v) is 5.51. The van der Waals surface area contributed by atoms with Gasteiger partial charge in [-0.2, -0.15) is 4.98 Å². The van der Waals surface area contributed by atoms with Crippen LogP contribution in [0.3, 0.4) is 0 Å². The molecule has 2 aromatic carbocycles. The summed E-state index contributed by atoms with van der Waals surface area (Å²) in [4.78, 5) is 14.0. The molecule has 0 atom stereocenters. The Bertz CT molecular complexity index is 1040. The number of phenolic OH excluding ortho intramolecular Hbond substituents is 3. The van der Waals surface area contributed by atoms with Crippen molar-refractivity contribution in [3.05, 3.63) is 51.0 Å². The van der Waals surface area contributed by atoms with Crippen LogP contribution in [0.1, 0.15) is 5.82 Å². The highest BCUT2D eigenvalue weighted by Crippen LogP contribution is 2.46. The van der Waals surface area contributed by atoms with Gasteiger partial charge in [0.05, 0.1) is 10.5 Å². The summed E-state index contributed by atoms with van der Waals surface area (Å²) in [5, 5.41) is 42.6. The Balaban J connectivity index is 1.85. The van der Waals surface area contributed by atoms with Crippen LogP contribution in [0.4, 0.5) is 10.1 Å². The van der Waals surface area contributed by atoms with E-state index in [-0.39, 0.29) is 29.6 Å². The van der Waals surface area contributed by atoms with Crippen molar-refractivity contribution >= 4 is 17.3 Å². The SMILES string of the molecule is O=[N+]([O-])c1c(O)c(O)cc(-c2nc(COc3ccc(F)c(O)c3)no2)c1Cl. The molecule has 140 valence electrons. The lowest BCUT2D eigenvalue weighted by Gasteiger charge is -2.05. The van der Waals surface area contributed by atoms with Crippen LogP contribution < -0.4 is 4.74 Å². The summed E-state index contributed by atoms with van der Waals surface area (Å²) >= 11 is 5.89. The van der Waals surface area contributed by atoms with E-state index in [4.69, 9.17) is 20.9 Å². The number of hydrogen-bond acceptors (Lipinski definition) is 9. The van der Waals surface area contributed by atoms with Gasteiger partial charge in [-0.05, 0) is 18.2 Å². The number of nitro groups is 1. The highest BCUT2D eigenvalue weighted by atomic mass is 35.5. The highest BCUT2D eigenvalue weighted by molar-refractivity contribution is 6.35. The largest absolute Gasteiger partial charge is 0.505 e. The number of rotatable bonds is 5. The Hall–Kier alpha value is -3.60. The van der Waals surface area contributed by atoms with Crippen LogP contribution in [0.25, 0.3) is 11.5 Å². The van der Waals surface area contributed by atoms with Gasteiger partial charge >= 0.3 is 5.69 Å². The molecule has 0 spiro atoms. The van der Waals surface area contributed by atoms with Crippen molar-refractivity contribution in [3.63, 3.8) is 0 Å². The molecule has 0 fully saturated rings. The minimum absolute atomic E-state index is 0.0000920. The third-order valence-corrected chi connectivity index (χ3v) is 3.74. The van der Waals surface area contributed by atoms with E-state index in [0.717, 1.165) is 18.2 Å². The Morgan fingerprint density at radius 1 is 1.26 bits per heavy atom. The Kier molecular flexibility index (Phi) is 4.69. The molecule has 12 heteroatoms. The van der Waals surface area contributed by atoms with Crippen LogP contribution in [0.2, 0.25) is 5.02 Å². The van der Waals surface area contributed by atoms with E-state index in [1.54, 1.807) is 0 Å². The summed E-state index contributed by atoms with van der Waals surface area (Å²) in [7, 11) is 0. The van der Waals surface area contributed by atoms with Crippen molar-refractivity contribution in [1.29, 1.82) is 0 Å². The number of nitro benzene ring substituents is 1. The van der Waals surface area contributed by atoms with E-state index in [0.29, 0.717) is 0 Å². The number of nitrogens with zero attached hydrogens (tertiary/aromatic N) is 3. The molecule has 0 unspecified atom stereocenters. The molecular formula is C15H9ClFN3O7. The molecule has 0 radical (unpaired) electrons. The smallest absolute Gasteiger partial charge is 0.333 e. The van der Waals surface area contributed by atoms with Crippen molar-refractivity contribution < 1.29 is 33.9 Å². The van der Waals surface area contributed by atoms with Gasteiger partial charge in [0.15, 0.2) is 23.9 Å². The first-order valence-corrected chi connectivity index (χ1v) is 7.48. The van der Waals surface area contributed by atoms with E-state index < -0.39 is 38.7 Å². The zero-order valence-electron chi connectivity index (χ0n) is 13.1. The van der Waals surface area contributed by atoms with Crippen LogP contribution in [0, 0.1) is 15.9 Å². The fourth-order valence-electron chi connectivity index (χ4n) is 2.10. The predicted octanol–water partition coefficient (Wildman–Crippen LogP) is 3.13. The van der Waals surface area contributed by atoms with Gasteiger partial charge in [0.25, 0.3) is 5.89 Å². The third-order valence-electron chi connectivity index (χ3n) is 3.36. The molecule has 0 aliphatic rings. The molecule has 0 aliphatic heterocycles. The fraction of sp³-hybridized carbons (Fsp3) is 0.0667. The van der Waals surface area contributed by atoms with Crippen LogP contribution in [-0.4, -0.2) is 30.4 Å². The van der Waals surface area contributed by atoms with Crippen molar-refractivity contribution in [2.45, 2.75) is 6.61 Å². The van der Waals surface area contributed by atoms with E-state index in [1.807, 2.05) is 0 Å². The van der Waals surface area contributed by atoms with E-state index in [2.05, 4.69) is 10.1 Å². The maximum absolute atomic E-state index is 13.0. The first-order chi connectivity index (χ1) is 12.8. The number of benzene rings is 2. The first-order valence-electron chi connectivity index (χ1n) is 7.11. The molecule has 27 heavy (non-hydrogen) atoms. The molecular weight excluding hydrogens is 389 g/mol. The monoisotopic (exact) mass is 397 g/mol. The zero-order chi connectivity index (χ0) is 19.7. The lowest BCUT2D eigenvalue weighted by molar-refractivity contribution is -0.385. The molecule has 0 amide bonds. The van der Waals surface area contributed by atoms with Gasteiger partial charge in [0.2, 0.25) is 11.6 Å². The number of phenols is 3. The lowest BCUT2D eigenvalue weighted by Crippen LogP contribution is -1.98. The molecule has 0 saturated heterocycles. The number of aromatic hydroxyl groups is 3.